The quantitative estimate of drug-likeness (QED) is 0.746. The van der Waals surface area contributed by atoms with E-state index in [1.54, 1.807) is 18.2 Å². The third kappa shape index (κ3) is 2.06. The number of hydrogen-bond donors (Lipinski definition) is 2. The average molecular weight is 180 g/mol. The summed E-state index contributed by atoms with van der Waals surface area (Å²) in [7, 11) is 0. The summed E-state index contributed by atoms with van der Waals surface area (Å²) in [5.74, 6) is -0.997. The first-order valence-electron chi connectivity index (χ1n) is 4.17. The number of rotatable bonds is 3. The van der Waals surface area contributed by atoms with Crippen LogP contribution in [0.2, 0.25) is 0 Å². The Morgan fingerprint density at radius 3 is 2.62 bits per heavy atom. The molecule has 0 radical (unpaired) electrons. The van der Waals surface area contributed by atoms with E-state index in [0.717, 1.165) is 0 Å². The highest BCUT2D eigenvalue weighted by Crippen LogP contribution is 2.20. The molecule has 3 heteroatoms. The van der Waals surface area contributed by atoms with Crippen LogP contribution in [0.25, 0.3) is 0 Å². The fraction of sp³-hybridized carbons (Fsp3) is 0.300. The van der Waals surface area contributed by atoms with Crippen LogP contribution in [0.4, 0.5) is 0 Å². The molecule has 0 amide bonds. The van der Waals surface area contributed by atoms with Gasteiger partial charge in [0, 0.05) is 0 Å². The van der Waals surface area contributed by atoms with Crippen molar-refractivity contribution in [3.63, 3.8) is 0 Å². The number of benzene rings is 1. The molecule has 0 aliphatic heterocycles. The van der Waals surface area contributed by atoms with E-state index in [9.17, 15) is 9.90 Å². The maximum absolute atomic E-state index is 10.7. The smallest absolute Gasteiger partial charge is 0.336 e. The van der Waals surface area contributed by atoms with Gasteiger partial charge in [-0.25, -0.2) is 4.79 Å². The molecular formula is C10H12O3. The lowest BCUT2D eigenvalue weighted by Crippen LogP contribution is -2.06. The molecule has 0 spiro atoms. The van der Waals surface area contributed by atoms with E-state index in [-0.39, 0.29) is 5.56 Å². The van der Waals surface area contributed by atoms with Crippen molar-refractivity contribution < 1.29 is 15.0 Å². The minimum Gasteiger partial charge on any atom is -0.478 e. The molecule has 0 fully saturated rings. The molecule has 1 atom stereocenters. The second-order valence-electron chi connectivity index (χ2n) is 2.82. The maximum atomic E-state index is 10.7. The molecule has 0 heterocycles. The Morgan fingerprint density at radius 2 is 2.08 bits per heavy atom. The molecule has 1 aromatic rings. The van der Waals surface area contributed by atoms with Gasteiger partial charge in [0.25, 0.3) is 0 Å². The molecule has 1 rings (SSSR count). The van der Waals surface area contributed by atoms with Gasteiger partial charge in [-0.2, -0.15) is 0 Å². The van der Waals surface area contributed by atoms with E-state index < -0.39 is 12.1 Å². The molecule has 0 aliphatic carbocycles. The van der Waals surface area contributed by atoms with Crippen molar-refractivity contribution in [2.45, 2.75) is 19.4 Å². The zero-order chi connectivity index (χ0) is 9.84. The summed E-state index contributed by atoms with van der Waals surface area (Å²) in [6.07, 6.45) is -0.170. The number of carboxylic acid groups (broad SMARTS) is 1. The van der Waals surface area contributed by atoms with Gasteiger partial charge in [0.05, 0.1) is 11.7 Å². The van der Waals surface area contributed by atoms with Gasteiger partial charge in [0.1, 0.15) is 0 Å². The van der Waals surface area contributed by atoms with Gasteiger partial charge in [-0.05, 0) is 18.1 Å². The molecule has 70 valence electrons. The van der Waals surface area contributed by atoms with Crippen LogP contribution in [0.3, 0.4) is 0 Å². The molecule has 1 aromatic carbocycles. The van der Waals surface area contributed by atoms with Crippen molar-refractivity contribution in [2.75, 3.05) is 0 Å². The second kappa shape index (κ2) is 4.05. The average Bonchev–Trinajstić information content (AvgIpc) is 2.16. The Bertz CT molecular complexity index is 307. The normalized spacial score (nSPS) is 12.5. The summed E-state index contributed by atoms with van der Waals surface area (Å²) >= 11 is 0. The van der Waals surface area contributed by atoms with E-state index in [4.69, 9.17) is 5.11 Å². The van der Waals surface area contributed by atoms with Crippen LogP contribution in [-0.2, 0) is 0 Å². The third-order valence-electron chi connectivity index (χ3n) is 1.94. The van der Waals surface area contributed by atoms with Crippen LogP contribution in [0, 0.1) is 0 Å². The van der Waals surface area contributed by atoms with Crippen molar-refractivity contribution >= 4 is 5.97 Å². The topological polar surface area (TPSA) is 57.5 Å². The maximum Gasteiger partial charge on any atom is 0.336 e. The predicted molar refractivity (Wildman–Crippen MR) is 48.7 cm³/mol. The van der Waals surface area contributed by atoms with Gasteiger partial charge in [0.15, 0.2) is 0 Å². The first kappa shape index (κ1) is 9.74. The second-order valence-corrected chi connectivity index (χ2v) is 2.82. The van der Waals surface area contributed by atoms with Crippen LogP contribution in [0.1, 0.15) is 35.4 Å². The molecule has 0 saturated heterocycles. The Hall–Kier alpha value is -1.35. The molecule has 0 unspecified atom stereocenters. The Morgan fingerprint density at radius 1 is 1.46 bits per heavy atom. The van der Waals surface area contributed by atoms with Crippen molar-refractivity contribution in [2.24, 2.45) is 0 Å². The van der Waals surface area contributed by atoms with Crippen molar-refractivity contribution in [1.82, 2.24) is 0 Å². The highest BCUT2D eigenvalue weighted by molar-refractivity contribution is 5.89. The SMILES string of the molecule is CC[C@H](O)c1ccccc1C(=O)O. The van der Waals surface area contributed by atoms with Gasteiger partial charge < -0.3 is 10.2 Å². The number of aliphatic hydroxyl groups excluding tert-OH is 1. The molecule has 13 heavy (non-hydrogen) atoms. The molecule has 0 bridgehead atoms. The fourth-order valence-electron chi connectivity index (χ4n) is 1.20. The lowest BCUT2D eigenvalue weighted by Gasteiger charge is -2.10. The van der Waals surface area contributed by atoms with Crippen molar-refractivity contribution in [3.05, 3.63) is 35.4 Å². The highest BCUT2D eigenvalue weighted by atomic mass is 16.4. The molecule has 0 saturated carbocycles. The summed E-state index contributed by atoms with van der Waals surface area (Å²) < 4.78 is 0. The number of aromatic carboxylic acids is 1. The summed E-state index contributed by atoms with van der Waals surface area (Å²) in [4.78, 5) is 10.7. The standard InChI is InChI=1S/C10H12O3/c1-2-9(11)7-5-3-4-6-8(7)10(12)13/h3-6,9,11H,2H2,1H3,(H,12,13)/t9-/m0/s1. The number of aliphatic hydroxyl groups is 1. The van der Waals surface area contributed by atoms with E-state index in [2.05, 4.69) is 0 Å². The lowest BCUT2D eigenvalue weighted by atomic mass is 10.0. The van der Waals surface area contributed by atoms with Gasteiger partial charge in [0.2, 0.25) is 0 Å². The largest absolute Gasteiger partial charge is 0.478 e. The third-order valence-corrected chi connectivity index (χ3v) is 1.94. The van der Waals surface area contributed by atoms with Gasteiger partial charge >= 0.3 is 5.97 Å². The number of hydrogen-bond acceptors (Lipinski definition) is 2. The monoisotopic (exact) mass is 180 g/mol. The molecular weight excluding hydrogens is 168 g/mol. The van der Waals surface area contributed by atoms with Gasteiger partial charge in [-0.1, -0.05) is 25.1 Å². The zero-order valence-corrected chi connectivity index (χ0v) is 7.40. The summed E-state index contributed by atoms with van der Waals surface area (Å²) in [5.41, 5.74) is 0.661. The molecule has 0 aromatic heterocycles. The molecule has 3 nitrogen and oxygen atoms in total. The van der Waals surface area contributed by atoms with Crippen LogP contribution < -0.4 is 0 Å². The summed E-state index contributed by atoms with van der Waals surface area (Å²) in [6, 6.07) is 6.50. The first-order valence-corrected chi connectivity index (χ1v) is 4.17. The van der Waals surface area contributed by atoms with Crippen LogP contribution >= 0.6 is 0 Å². The van der Waals surface area contributed by atoms with Gasteiger partial charge in [-0.15, -0.1) is 0 Å². The number of carbonyl (C=O) groups is 1. The summed E-state index contributed by atoms with van der Waals surface area (Å²) in [5, 5.41) is 18.3. The minimum absolute atomic E-state index is 0.178. The van der Waals surface area contributed by atoms with Gasteiger partial charge in [-0.3, -0.25) is 0 Å². The van der Waals surface area contributed by atoms with Crippen molar-refractivity contribution in [3.8, 4) is 0 Å². The molecule has 2 N–H and O–H groups in total. The lowest BCUT2D eigenvalue weighted by molar-refractivity contribution is 0.0688. The van der Waals surface area contributed by atoms with E-state index in [1.165, 1.54) is 6.07 Å². The Balaban J connectivity index is 3.11. The fourth-order valence-corrected chi connectivity index (χ4v) is 1.20. The van der Waals surface area contributed by atoms with Crippen LogP contribution in [0.5, 0.6) is 0 Å². The zero-order valence-electron chi connectivity index (χ0n) is 7.40. The van der Waals surface area contributed by atoms with Crippen molar-refractivity contribution in [1.29, 1.82) is 0 Å². The first-order chi connectivity index (χ1) is 6.16. The summed E-state index contributed by atoms with van der Waals surface area (Å²) in [6.45, 7) is 1.81. The van der Waals surface area contributed by atoms with Crippen LogP contribution in [0.15, 0.2) is 24.3 Å². The van der Waals surface area contributed by atoms with E-state index in [0.29, 0.717) is 12.0 Å². The Labute approximate surface area is 76.6 Å². The minimum atomic E-state index is -0.997. The Kier molecular flexibility index (Phi) is 3.03. The number of carboxylic acids is 1. The highest BCUT2D eigenvalue weighted by Gasteiger charge is 2.14. The van der Waals surface area contributed by atoms with Crippen LogP contribution in [-0.4, -0.2) is 16.2 Å². The van der Waals surface area contributed by atoms with E-state index in [1.807, 2.05) is 6.92 Å². The predicted octanol–water partition coefficient (Wildman–Crippen LogP) is 1.83. The molecule has 0 aliphatic rings. The van der Waals surface area contributed by atoms with E-state index >= 15 is 0 Å².